The lowest BCUT2D eigenvalue weighted by molar-refractivity contribution is 0.0997. The SMILES string of the molecule is CNc1ncnc2n[nH]c(C(N)=O)c12. The van der Waals surface area contributed by atoms with Crippen LogP contribution in [0.2, 0.25) is 0 Å². The van der Waals surface area contributed by atoms with E-state index < -0.39 is 5.91 Å². The van der Waals surface area contributed by atoms with Gasteiger partial charge in [-0.25, -0.2) is 9.97 Å². The Bertz CT molecular complexity index is 490. The highest BCUT2D eigenvalue weighted by Gasteiger charge is 2.14. The van der Waals surface area contributed by atoms with E-state index in [2.05, 4.69) is 25.5 Å². The van der Waals surface area contributed by atoms with Crippen LogP contribution in [0.15, 0.2) is 6.33 Å². The third kappa shape index (κ3) is 1.06. The van der Waals surface area contributed by atoms with Gasteiger partial charge in [-0.3, -0.25) is 9.89 Å². The van der Waals surface area contributed by atoms with Crippen molar-refractivity contribution in [3.05, 3.63) is 12.0 Å². The van der Waals surface area contributed by atoms with Crippen molar-refractivity contribution < 1.29 is 4.79 Å². The van der Waals surface area contributed by atoms with E-state index in [4.69, 9.17) is 5.73 Å². The number of anilines is 1. The van der Waals surface area contributed by atoms with Gasteiger partial charge in [0, 0.05) is 7.05 Å². The van der Waals surface area contributed by atoms with Gasteiger partial charge in [0.1, 0.15) is 17.8 Å². The summed E-state index contributed by atoms with van der Waals surface area (Å²) in [5.41, 5.74) is 5.78. The first-order chi connectivity index (χ1) is 6.74. The molecular formula is C7H8N6O. The molecule has 0 aliphatic heterocycles. The van der Waals surface area contributed by atoms with Crippen molar-refractivity contribution in [2.75, 3.05) is 12.4 Å². The van der Waals surface area contributed by atoms with Crippen molar-refractivity contribution in [3.63, 3.8) is 0 Å². The van der Waals surface area contributed by atoms with Gasteiger partial charge >= 0.3 is 0 Å². The summed E-state index contributed by atoms with van der Waals surface area (Å²) in [4.78, 5) is 18.9. The molecule has 0 saturated carbocycles. The van der Waals surface area contributed by atoms with Gasteiger partial charge in [0.05, 0.1) is 5.39 Å². The first-order valence-corrected chi connectivity index (χ1v) is 3.90. The minimum absolute atomic E-state index is 0.213. The van der Waals surface area contributed by atoms with Gasteiger partial charge in [-0.2, -0.15) is 5.10 Å². The monoisotopic (exact) mass is 192 g/mol. The zero-order valence-corrected chi connectivity index (χ0v) is 7.40. The van der Waals surface area contributed by atoms with E-state index in [1.807, 2.05) is 0 Å². The number of hydrogen-bond acceptors (Lipinski definition) is 5. The molecule has 7 nitrogen and oxygen atoms in total. The molecule has 7 heteroatoms. The Morgan fingerprint density at radius 1 is 1.57 bits per heavy atom. The number of hydrogen-bond donors (Lipinski definition) is 3. The zero-order chi connectivity index (χ0) is 10.1. The summed E-state index contributed by atoms with van der Waals surface area (Å²) in [5, 5.41) is 9.70. The van der Waals surface area contributed by atoms with Crippen LogP contribution >= 0.6 is 0 Å². The average Bonchev–Trinajstić information content (AvgIpc) is 2.60. The van der Waals surface area contributed by atoms with Gasteiger partial charge in [-0.05, 0) is 0 Å². The number of H-pyrrole nitrogens is 1. The molecule has 0 aliphatic rings. The summed E-state index contributed by atoms with van der Waals surface area (Å²) in [6.45, 7) is 0. The summed E-state index contributed by atoms with van der Waals surface area (Å²) < 4.78 is 0. The van der Waals surface area contributed by atoms with Gasteiger partial charge in [-0.15, -0.1) is 0 Å². The van der Waals surface area contributed by atoms with E-state index in [0.29, 0.717) is 16.9 Å². The summed E-state index contributed by atoms with van der Waals surface area (Å²) in [7, 11) is 1.69. The highest BCUT2D eigenvalue weighted by molar-refractivity contribution is 6.06. The molecule has 2 heterocycles. The molecule has 0 bridgehead atoms. The van der Waals surface area contributed by atoms with Gasteiger partial charge in [0.2, 0.25) is 0 Å². The predicted molar refractivity (Wildman–Crippen MR) is 49.7 cm³/mol. The molecular weight excluding hydrogens is 184 g/mol. The maximum atomic E-state index is 11.0. The first-order valence-electron chi connectivity index (χ1n) is 3.90. The molecule has 2 aromatic rings. The number of nitrogens with two attached hydrogens (primary N) is 1. The van der Waals surface area contributed by atoms with Crippen LogP contribution in [0.3, 0.4) is 0 Å². The highest BCUT2D eigenvalue weighted by atomic mass is 16.1. The van der Waals surface area contributed by atoms with Crippen molar-refractivity contribution in [2.45, 2.75) is 0 Å². The molecule has 0 saturated heterocycles. The van der Waals surface area contributed by atoms with Crippen LogP contribution in [0.25, 0.3) is 11.0 Å². The number of primary amides is 1. The molecule has 14 heavy (non-hydrogen) atoms. The van der Waals surface area contributed by atoms with Crippen LogP contribution in [0.5, 0.6) is 0 Å². The molecule has 1 amide bonds. The van der Waals surface area contributed by atoms with E-state index in [1.165, 1.54) is 6.33 Å². The quantitative estimate of drug-likeness (QED) is 0.593. The first kappa shape index (κ1) is 8.42. The Kier molecular flexibility index (Phi) is 1.77. The second-order valence-electron chi connectivity index (χ2n) is 2.63. The second kappa shape index (κ2) is 2.95. The number of nitrogens with zero attached hydrogens (tertiary/aromatic N) is 3. The van der Waals surface area contributed by atoms with Crippen molar-refractivity contribution in [3.8, 4) is 0 Å². The van der Waals surface area contributed by atoms with Crippen molar-refractivity contribution in [2.24, 2.45) is 5.73 Å². The number of amides is 1. The number of fused-ring (bicyclic) bond motifs is 1. The Balaban J connectivity index is 2.81. The fourth-order valence-electron chi connectivity index (χ4n) is 1.22. The lowest BCUT2D eigenvalue weighted by Crippen LogP contribution is -2.12. The largest absolute Gasteiger partial charge is 0.372 e. The van der Waals surface area contributed by atoms with Crippen molar-refractivity contribution in [1.82, 2.24) is 20.2 Å². The molecule has 72 valence electrons. The van der Waals surface area contributed by atoms with Crippen LogP contribution in [-0.2, 0) is 0 Å². The number of carbonyl (C=O) groups is 1. The second-order valence-corrected chi connectivity index (χ2v) is 2.63. The van der Waals surface area contributed by atoms with Crippen LogP contribution in [0.1, 0.15) is 10.5 Å². The molecule has 2 aromatic heterocycles. The molecule has 0 aliphatic carbocycles. The van der Waals surface area contributed by atoms with Crippen molar-refractivity contribution in [1.29, 1.82) is 0 Å². The Hall–Kier alpha value is -2.18. The van der Waals surface area contributed by atoms with Crippen LogP contribution in [0.4, 0.5) is 5.82 Å². The third-order valence-electron chi connectivity index (χ3n) is 1.83. The van der Waals surface area contributed by atoms with Crippen LogP contribution in [0, 0.1) is 0 Å². The van der Waals surface area contributed by atoms with Crippen LogP contribution in [-0.4, -0.2) is 33.1 Å². The summed E-state index contributed by atoms with van der Waals surface area (Å²) in [5.74, 6) is -0.0589. The Morgan fingerprint density at radius 3 is 3.00 bits per heavy atom. The van der Waals surface area contributed by atoms with Crippen LogP contribution < -0.4 is 11.1 Å². The lowest BCUT2D eigenvalue weighted by Gasteiger charge is -1.99. The van der Waals surface area contributed by atoms with E-state index in [9.17, 15) is 4.79 Å². The standard InChI is InChI=1S/C7H8N6O/c1-9-6-3-4(5(8)14)12-13-7(3)11-2-10-6/h2H,1H3,(H2,8,14)(H2,9,10,11,12,13). The number of nitrogens with one attached hydrogen (secondary N) is 2. The minimum Gasteiger partial charge on any atom is -0.372 e. The molecule has 0 radical (unpaired) electrons. The number of aromatic nitrogens is 4. The number of aromatic amines is 1. The van der Waals surface area contributed by atoms with E-state index >= 15 is 0 Å². The molecule has 2 rings (SSSR count). The molecule has 4 N–H and O–H groups in total. The smallest absolute Gasteiger partial charge is 0.267 e. The zero-order valence-electron chi connectivity index (χ0n) is 7.40. The molecule has 0 spiro atoms. The highest BCUT2D eigenvalue weighted by Crippen LogP contribution is 2.19. The fourth-order valence-corrected chi connectivity index (χ4v) is 1.22. The van der Waals surface area contributed by atoms with E-state index in [1.54, 1.807) is 7.05 Å². The molecule has 0 fully saturated rings. The van der Waals surface area contributed by atoms with E-state index in [-0.39, 0.29) is 5.69 Å². The molecule has 0 unspecified atom stereocenters. The molecule has 0 atom stereocenters. The number of carbonyl (C=O) groups excluding carboxylic acids is 1. The van der Waals surface area contributed by atoms with Gasteiger partial charge in [0.25, 0.3) is 5.91 Å². The van der Waals surface area contributed by atoms with E-state index in [0.717, 1.165) is 0 Å². The fraction of sp³-hybridized carbons (Fsp3) is 0.143. The maximum absolute atomic E-state index is 11.0. The summed E-state index contributed by atoms with van der Waals surface area (Å²) in [6.07, 6.45) is 1.36. The molecule has 0 aromatic carbocycles. The van der Waals surface area contributed by atoms with Gasteiger partial charge < -0.3 is 11.1 Å². The minimum atomic E-state index is -0.584. The van der Waals surface area contributed by atoms with Crippen molar-refractivity contribution >= 4 is 22.8 Å². The van der Waals surface area contributed by atoms with Gasteiger partial charge in [0.15, 0.2) is 5.65 Å². The summed E-state index contributed by atoms with van der Waals surface area (Å²) in [6, 6.07) is 0. The predicted octanol–water partition coefficient (Wildman–Crippen LogP) is -0.507. The maximum Gasteiger partial charge on any atom is 0.267 e. The Morgan fingerprint density at radius 2 is 2.36 bits per heavy atom. The normalized spacial score (nSPS) is 10.4. The topological polar surface area (TPSA) is 110 Å². The van der Waals surface area contributed by atoms with Gasteiger partial charge in [-0.1, -0.05) is 0 Å². The Labute approximate surface area is 78.7 Å². The summed E-state index contributed by atoms with van der Waals surface area (Å²) >= 11 is 0. The third-order valence-corrected chi connectivity index (χ3v) is 1.83. The average molecular weight is 192 g/mol. The number of rotatable bonds is 2. The lowest BCUT2D eigenvalue weighted by atomic mass is 10.3.